The molecule has 0 aliphatic carbocycles. The van der Waals surface area contributed by atoms with Gasteiger partial charge in [0.1, 0.15) is 18.3 Å². The summed E-state index contributed by atoms with van der Waals surface area (Å²) in [5.74, 6) is 1.30. The van der Waals surface area contributed by atoms with Crippen molar-refractivity contribution in [2.75, 3.05) is 11.1 Å². The minimum absolute atomic E-state index is 0.301. The first-order valence-corrected chi connectivity index (χ1v) is 7.00. The monoisotopic (exact) mass is 282 g/mol. The van der Waals surface area contributed by atoms with Crippen LogP contribution in [0.25, 0.3) is 16.9 Å². The number of rotatable bonds is 4. The molecule has 1 unspecified atom stereocenters. The zero-order chi connectivity index (χ0) is 14.8. The molecule has 21 heavy (non-hydrogen) atoms. The fourth-order valence-corrected chi connectivity index (χ4v) is 2.16. The number of nitrogen functional groups attached to an aromatic ring is 1. The van der Waals surface area contributed by atoms with Crippen molar-refractivity contribution in [3.05, 3.63) is 36.9 Å². The molecule has 3 rings (SSSR count). The lowest BCUT2D eigenvalue weighted by Gasteiger charge is -2.15. The molecular formula is C15H18N6. The molecule has 3 aromatic rings. The Hall–Kier alpha value is -2.63. The predicted molar refractivity (Wildman–Crippen MR) is 84.4 cm³/mol. The first-order valence-electron chi connectivity index (χ1n) is 7.00. The summed E-state index contributed by atoms with van der Waals surface area (Å²) in [5.41, 5.74) is 8.64. The topological polar surface area (TPSA) is 81.7 Å². The van der Waals surface area contributed by atoms with Crippen molar-refractivity contribution in [3.8, 4) is 5.82 Å². The van der Waals surface area contributed by atoms with Gasteiger partial charge in [-0.25, -0.2) is 15.0 Å². The molecule has 6 nitrogen and oxygen atoms in total. The Balaban J connectivity index is 2.08. The molecule has 0 fully saturated rings. The van der Waals surface area contributed by atoms with Crippen molar-refractivity contribution < 1.29 is 0 Å². The SMILES string of the molecule is CCC(C)Nc1ncnc(-n2cnc3ccccc32)c1N. The molecular weight excluding hydrogens is 264 g/mol. The van der Waals surface area contributed by atoms with E-state index in [1.165, 1.54) is 6.33 Å². The zero-order valence-corrected chi connectivity index (χ0v) is 12.1. The van der Waals surface area contributed by atoms with Crippen LogP contribution in [0.5, 0.6) is 0 Å². The minimum Gasteiger partial charge on any atom is -0.393 e. The molecule has 0 spiro atoms. The molecule has 2 aromatic heterocycles. The summed E-state index contributed by atoms with van der Waals surface area (Å²) in [6.07, 6.45) is 4.24. The Kier molecular flexibility index (Phi) is 3.43. The number of nitrogens with two attached hydrogens (primary N) is 1. The number of nitrogens with zero attached hydrogens (tertiary/aromatic N) is 4. The number of imidazole rings is 1. The highest BCUT2D eigenvalue weighted by molar-refractivity contribution is 5.80. The van der Waals surface area contributed by atoms with Gasteiger partial charge in [0.05, 0.1) is 11.0 Å². The van der Waals surface area contributed by atoms with Crippen LogP contribution in [-0.2, 0) is 0 Å². The minimum atomic E-state index is 0.301. The second kappa shape index (κ2) is 5.40. The summed E-state index contributed by atoms with van der Waals surface area (Å²) in [7, 11) is 0. The van der Waals surface area contributed by atoms with Crippen LogP contribution in [0, 0.1) is 0 Å². The number of anilines is 2. The molecule has 0 radical (unpaired) electrons. The fraction of sp³-hybridized carbons (Fsp3) is 0.267. The first-order chi connectivity index (χ1) is 10.2. The Morgan fingerprint density at radius 3 is 2.86 bits per heavy atom. The lowest BCUT2D eigenvalue weighted by molar-refractivity contribution is 0.758. The number of fused-ring (bicyclic) bond motifs is 1. The van der Waals surface area contributed by atoms with E-state index in [1.54, 1.807) is 6.33 Å². The van der Waals surface area contributed by atoms with Gasteiger partial charge in [0.15, 0.2) is 11.6 Å². The summed E-state index contributed by atoms with van der Waals surface area (Å²) >= 11 is 0. The third-order valence-corrected chi connectivity index (χ3v) is 3.54. The van der Waals surface area contributed by atoms with E-state index in [0.717, 1.165) is 17.5 Å². The van der Waals surface area contributed by atoms with Crippen LogP contribution in [0.3, 0.4) is 0 Å². The Morgan fingerprint density at radius 2 is 2.05 bits per heavy atom. The van der Waals surface area contributed by atoms with Crippen LogP contribution in [0.2, 0.25) is 0 Å². The van der Waals surface area contributed by atoms with E-state index < -0.39 is 0 Å². The fourth-order valence-electron chi connectivity index (χ4n) is 2.16. The highest BCUT2D eigenvalue weighted by atomic mass is 15.2. The highest BCUT2D eigenvalue weighted by Gasteiger charge is 2.13. The Morgan fingerprint density at radius 1 is 1.24 bits per heavy atom. The van der Waals surface area contributed by atoms with Gasteiger partial charge >= 0.3 is 0 Å². The quantitative estimate of drug-likeness (QED) is 0.768. The third-order valence-electron chi connectivity index (χ3n) is 3.54. The van der Waals surface area contributed by atoms with Gasteiger partial charge in [0, 0.05) is 6.04 Å². The lowest BCUT2D eigenvalue weighted by atomic mass is 10.2. The molecule has 0 aliphatic rings. The number of hydrogen-bond acceptors (Lipinski definition) is 5. The molecule has 0 bridgehead atoms. The van der Waals surface area contributed by atoms with E-state index in [9.17, 15) is 0 Å². The molecule has 1 atom stereocenters. The molecule has 3 N–H and O–H groups in total. The summed E-state index contributed by atoms with van der Waals surface area (Å²) in [5, 5.41) is 3.30. The second-order valence-corrected chi connectivity index (χ2v) is 5.02. The number of aromatic nitrogens is 4. The molecule has 0 saturated carbocycles. The lowest BCUT2D eigenvalue weighted by Crippen LogP contribution is -2.17. The van der Waals surface area contributed by atoms with Crippen molar-refractivity contribution in [2.24, 2.45) is 0 Å². The summed E-state index contributed by atoms with van der Waals surface area (Å²) < 4.78 is 1.88. The first kappa shape index (κ1) is 13.4. The molecule has 6 heteroatoms. The zero-order valence-electron chi connectivity index (χ0n) is 12.1. The van der Waals surface area contributed by atoms with Crippen LogP contribution in [0.15, 0.2) is 36.9 Å². The van der Waals surface area contributed by atoms with Crippen molar-refractivity contribution >= 4 is 22.5 Å². The number of benzene rings is 1. The number of para-hydroxylation sites is 2. The summed E-state index contributed by atoms with van der Waals surface area (Å²) in [4.78, 5) is 12.9. The highest BCUT2D eigenvalue weighted by Crippen LogP contribution is 2.25. The van der Waals surface area contributed by atoms with Crippen LogP contribution >= 0.6 is 0 Å². The Labute approximate surface area is 123 Å². The van der Waals surface area contributed by atoms with E-state index >= 15 is 0 Å². The van der Waals surface area contributed by atoms with E-state index in [0.29, 0.717) is 23.4 Å². The van der Waals surface area contributed by atoms with Gasteiger partial charge in [-0.05, 0) is 25.5 Å². The Bertz CT molecular complexity index is 764. The van der Waals surface area contributed by atoms with Gasteiger partial charge in [0.2, 0.25) is 0 Å². The smallest absolute Gasteiger partial charge is 0.167 e. The standard InChI is InChI=1S/C15H18N6/c1-3-10(2)20-14-13(16)15(18-8-17-14)21-9-19-11-6-4-5-7-12(11)21/h4-10H,3,16H2,1-2H3,(H,17,18,20). The normalized spacial score (nSPS) is 12.5. The second-order valence-electron chi connectivity index (χ2n) is 5.02. The average Bonchev–Trinajstić information content (AvgIpc) is 2.93. The summed E-state index contributed by atoms with van der Waals surface area (Å²) in [6.45, 7) is 4.20. The average molecular weight is 282 g/mol. The van der Waals surface area contributed by atoms with E-state index in [2.05, 4.69) is 34.1 Å². The van der Waals surface area contributed by atoms with Crippen molar-refractivity contribution in [1.82, 2.24) is 19.5 Å². The maximum absolute atomic E-state index is 6.23. The van der Waals surface area contributed by atoms with Crippen molar-refractivity contribution in [1.29, 1.82) is 0 Å². The van der Waals surface area contributed by atoms with E-state index in [4.69, 9.17) is 5.73 Å². The third kappa shape index (κ3) is 2.40. The predicted octanol–water partition coefficient (Wildman–Crippen LogP) is 2.61. The largest absolute Gasteiger partial charge is 0.393 e. The van der Waals surface area contributed by atoms with Gasteiger partial charge in [-0.3, -0.25) is 4.57 Å². The summed E-state index contributed by atoms with van der Waals surface area (Å²) in [6, 6.07) is 8.18. The van der Waals surface area contributed by atoms with E-state index in [-0.39, 0.29) is 0 Å². The van der Waals surface area contributed by atoms with Crippen LogP contribution in [0.4, 0.5) is 11.5 Å². The van der Waals surface area contributed by atoms with Crippen LogP contribution < -0.4 is 11.1 Å². The van der Waals surface area contributed by atoms with Gasteiger partial charge in [-0.15, -0.1) is 0 Å². The van der Waals surface area contributed by atoms with Gasteiger partial charge in [-0.1, -0.05) is 19.1 Å². The molecule has 0 amide bonds. The van der Waals surface area contributed by atoms with Crippen molar-refractivity contribution in [2.45, 2.75) is 26.3 Å². The van der Waals surface area contributed by atoms with Gasteiger partial charge < -0.3 is 11.1 Å². The molecule has 1 aromatic carbocycles. The molecule has 0 saturated heterocycles. The van der Waals surface area contributed by atoms with E-state index in [1.807, 2.05) is 28.8 Å². The number of nitrogens with one attached hydrogen (secondary N) is 1. The molecule has 108 valence electrons. The van der Waals surface area contributed by atoms with Crippen LogP contribution in [-0.4, -0.2) is 25.6 Å². The van der Waals surface area contributed by atoms with Crippen molar-refractivity contribution in [3.63, 3.8) is 0 Å². The van der Waals surface area contributed by atoms with Gasteiger partial charge in [-0.2, -0.15) is 0 Å². The van der Waals surface area contributed by atoms with Gasteiger partial charge in [0.25, 0.3) is 0 Å². The maximum Gasteiger partial charge on any atom is 0.167 e. The van der Waals surface area contributed by atoms with Crippen LogP contribution in [0.1, 0.15) is 20.3 Å². The molecule has 2 heterocycles. The number of hydrogen-bond donors (Lipinski definition) is 2. The molecule has 0 aliphatic heterocycles. The maximum atomic E-state index is 6.23.